The molecule has 3 rings (SSSR count). The van der Waals surface area contributed by atoms with Crippen LogP contribution in [0.2, 0.25) is 0 Å². The van der Waals surface area contributed by atoms with Crippen LogP contribution in [0, 0.1) is 19.7 Å². The molecule has 0 saturated carbocycles. The molecule has 1 saturated heterocycles. The average molecular weight is 353 g/mol. The van der Waals surface area contributed by atoms with Gasteiger partial charge in [0.1, 0.15) is 22.6 Å². The number of aryl methyl sites for hydroxylation is 2. The topological polar surface area (TPSA) is 75.3 Å². The molecule has 2 heterocycles. The first-order valence-electron chi connectivity index (χ1n) is 7.82. The zero-order valence-corrected chi connectivity index (χ0v) is 14.4. The summed E-state index contributed by atoms with van der Waals surface area (Å²) in [6, 6.07) is 5.85. The monoisotopic (exact) mass is 353 g/mol. The van der Waals surface area contributed by atoms with Crippen molar-refractivity contribution in [1.82, 2.24) is 14.5 Å². The summed E-state index contributed by atoms with van der Waals surface area (Å²) in [6.07, 6.45) is 1.10. The number of piperidine rings is 1. The highest BCUT2D eigenvalue weighted by Crippen LogP contribution is 2.26. The molecule has 0 unspecified atom stereocenters. The van der Waals surface area contributed by atoms with Crippen LogP contribution in [0.4, 0.5) is 4.39 Å². The van der Waals surface area contributed by atoms with Gasteiger partial charge < -0.3 is 4.74 Å². The van der Waals surface area contributed by atoms with Gasteiger partial charge in [-0.15, -0.1) is 0 Å². The molecule has 0 bridgehead atoms. The Bertz CT molecular complexity index is 790. The van der Waals surface area contributed by atoms with E-state index in [1.807, 2.05) is 0 Å². The smallest absolute Gasteiger partial charge is 0.246 e. The van der Waals surface area contributed by atoms with E-state index in [2.05, 4.69) is 10.2 Å². The first kappa shape index (κ1) is 16.9. The molecule has 24 heavy (non-hydrogen) atoms. The lowest BCUT2D eigenvalue weighted by Gasteiger charge is -2.31. The summed E-state index contributed by atoms with van der Waals surface area (Å²) >= 11 is 0. The van der Waals surface area contributed by atoms with Crippen molar-refractivity contribution in [3.05, 3.63) is 41.5 Å². The Morgan fingerprint density at radius 3 is 2.38 bits per heavy atom. The van der Waals surface area contributed by atoms with Gasteiger partial charge in [0, 0.05) is 13.1 Å². The normalized spacial score (nSPS) is 17.1. The Morgan fingerprint density at radius 2 is 1.83 bits per heavy atom. The summed E-state index contributed by atoms with van der Waals surface area (Å²) in [5, 5.41) is 6.69. The maximum absolute atomic E-state index is 12.9. The molecule has 1 aliphatic rings. The lowest BCUT2D eigenvalue weighted by atomic mass is 10.1. The summed E-state index contributed by atoms with van der Waals surface area (Å²) in [7, 11) is -3.55. The van der Waals surface area contributed by atoms with Crippen LogP contribution < -0.4 is 4.74 Å². The molecule has 0 amide bonds. The van der Waals surface area contributed by atoms with Crippen LogP contribution >= 0.6 is 0 Å². The number of H-pyrrole nitrogens is 1. The van der Waals surface area contributed by atoms with E-state index in [-0.39, 0.29) is 16.8 Å². The fourth-order valence-electron chi connectivity index (χ4n) is 2.95. The van der Waals surface area contributed by atoms with E-state index in [4.69, 9.17) is 4.74 Å². The lowest BCUT2D eigenvalue weighted by Crippen LogP contribution is -2.42. The third-order valence-electron chi connectivity index (χ3n) is 4.18. The standard InChI is InChI=1S/C16H20FN3O3S/c1-11-16(12(2)19-18-11)24(21,22)20-9-7-15(8-10-20)23-14-5-3-13(17)4-6-14/h3-6,15H,7-10H2,1-2H3,(H,18,19). The maximum Gasteiger partial charge on any atom is 0.246 e. The van der Waals surface area contributed by atoms with Gasteiger partial charge in [-0.25, -0.2) is 12.8 Å². The van der Waals surface area contributed by atoms with Crippen molar-refractivity contribution in [2.24, 2.45) is 0 Å². The first-order chi connectivity index (χ1) is 11.4. The number of rotatable bonds is 4. The molecule has 1 aliphatic heterocycles. The van der Waals surface area contributed by atoms with Gasteiger partial charge in [0.2, 0.25) is 10.0 Å². The van der Waals surface area contributed by atoms with Crippen molar-refractivity contribution in [3.63, 3.8) is 0 Å². The van der Waals surface area contributed by atoms with Crippen molar-refractivity contribution < 1.29 is 17.5 Å². The molecule has 8 heteroatoms. The molecule has 6 nitrogen and oxygen atoms in total. The van der Waals surface area contributed by atoms with Crippen molar-refractivity contribution in [2.45, 2.75) is 37.7 Å². The van der Waals surface area contributed by atoms with Gasteiger partial charge in [0.25, 0.3) is 0 Å². The summed E-state index contributed by atoms with van der Waals surface area (Å²) in [5.41, 5.74) is 1.04. The van der Waals surface area contributed by atoms with Crippen LogP contribution in [-0.4, -0.2) is 42.1 Å². The predicted molar refractivity (Wildman–Crippen MR) is 86.9 cm³/mol. The molecule has 1 N–H and O–H groups in total. The highest BCUT2D eigenvalue weighted by molar-refractivity contribution is 7.89. The Kier molecular flexibility index (Phi) is 4.60. The molecule has 0 aliphatic carbocycles. The van der Waals surface area contributed by atoms with E-state index < -0.39 is 10.0 Å². The minimum atomic E-state index is -3.55. The van der Waals surface area contributed by atoms with Crippen molar-refractivity contribution >= 4 is 10.0 Å². The average Bonchev–Trinajstić information content (AvgIpc) is 2.89. The third-order valence-corrected chi connectivity index (χ3v) is 6.34. The Balaban J connectivity index is 1.65. The van der Waals surface area contributed by atoms with E-state index in [1.165, 1.54) is 16.4 Å². The number of hydrogen-bond acceptors (Lipinski definition) is 4. The fraction of sp³-hybridized carbons (Fsp3) is 0.438. The highest BCUT2D eigenvalue weighted by atomic mass is 32.2. The highest BCUT2D eigenvalue weighted by Gasteiger charge is 2.33. The zero-order valence-electron chi connectivity index (χ0n) is 13.6. The largest absolute Gasteiger partial charge is 0.490 e. The minimum Gasteiger partial charge on any atom is -0.490 e. The summed E-state index contributed by atoms with van der Waals surface area (Å²) in [5.74, 6) is 0.286. The van der Waals surface area contributed by atoms with Crippen LogP contribution in [0.5, 0.6) is 5.75 Å². The second-order valence-corrected chi connectivity index (χ2v) is 7.81. The number of sulfonamides is 1. The molecule has 0 atom stereocenters. The molecule has 1 aromatic heterocycles. The van der Waals surface area contributed by atoms with Gasteiger partial charge in [-0.05, 0) is 51.0 Å². The molecular formula is C16H20FN3O3S. The molecule has 130 valence electrons. The van der Waals surface area contributed by atoms with Gasteiger partial charge in [-0.3, -0.25) is 5.10 Å². The van der Waals surface area contributed by atoms with Crippen molar-refractivity contribution in [1.29, 1.82) is 0 Å². The van der Waals surface area contributed by atoms with Gasteiger partial charge >= 0.3 is 0 Å². The fourth-order valence-corrected chi connectivity index (χ4v) is 4.75. The number of nitrogens with one attached hydrogen (secondary N) is 1. The van der Waals surface area contributed by atoms with Crippen molar-refractivity contribution in [2.75, 3.05) is 13.1 Å². The van der Waals surface area contributed by atoms with Crippen LogP contribution in [0.1, 0.15) is 24.2 Å². The lowest BCUT2D eigenvalue weighted by molar-refractivity contribution is 0.135. The maximum atomic E-state index is 12.9. The van der Waals surface area contributed by atoms with Crippen LogP contribution in [-0.2, 0) is 10.0 Å². The number of benzene rings is 1. The quantitative estimate of drug-likeness (QED) is 0.916. The second kappa shape index (κ2) is 6.52. The van der Waals surface area contributed by atoms with Gasteiger partial charge in [-0.2, -0.15) is 9.40 Å². The summed E-state index contributed by atoms with van der Waals surface area (Å²) in [6.45, 7) is 4.16. The molecule has 0 spiro atoms. The number of nitrogens with zero attached hydrogens (tertiary/aromatic N) is 2. The number of ether oxygens (including phenoxy) is 1. The Labute approximate surface area is 140 Å². The van der Waals surface area contributed by atoms with Crippen LogP contribution in [0.25, 0.3) is 0 Å². The van der Waals surface area contributed by atoms with Gasteiger partial charge in [0.05, 0.1) is 11.4 Å². The molecule has 0 radical (unpaired) electrons. The van der Waals surface area contributed by atoms with Crippen molar-refractivity contribution in [3.8, 4) is 5.75 Å². The number of halogens is 1. The summed E-state index contributed by atoms with van der Waals surface area (Å²) in [4.78, 5) is 0.264. The van der Waals surface area contributed by atoms with E-state index in [0.29, 0.717) is 43.1 Å². The second-order valence-electron chi connectivity index (χ2n) is 5.94. The SMILES string of the molecule is Cc1n[nH]c(C)c1S(=O)(=O)N1CCC(Oc2ccc(F)cc2)CC1. The molecular weight excluding hydrogens is 333 g/mol. The Morgan fingerprint density at radius 1 is 1.21 bits per heavy atom. The molecule has 2 aromatic rings. The number of aromatic nitrogens is 2. The molecule has 1 fully saturated rings. The van der Waals surface area contributed by atoms with E-state index >= 15 is 0 Å². The molecule has 1 aromatic carbocycles. The van der Waals surface area contributed by atoms with E-state index in [9.17, 15) is 12.8 Å². The van der Waals surface area contributed by atoms with E-state index in [0.717, 1.165) is 0 Å². The van der Waals surface area contributed by atoms with Gasteiger partial charge in [0.15, 0.2) is 0 Å². The Hall–Kier alpha value is -1.93. The third kappa shape index (κ3) is 3.29. The number of aromatic amines is 1. The van der Waals surface area contributed by atoms with Crippen LogP contribution in [0.3, 0.4) is 0 Å². The first-order valence-corrected chi connectivity index (χ1v) is 9.26. The summed E-state index contributed by atoms with van der Waals surface area (Å²) < 4.78 is 45.7. The van der Waals surface area contributed by atoms with Gasteiger partial charge in [-0.1, -0.05) is 0 Å². The van der Waals surface area contributed by atoms with Crippen LogP contribution in [0.15, 0.2) is 29.2 Å². The van der Waals surface area contributed by atoms with E-state index in [1.54, 1.807) is 26.0 Å². The zero-order chi connectivity index (χ0) is 17.3. The minimum absolute atomic E-state index is 0.0755. The predicted octanol–water partition coefficient (Wildman–Crippen LogP) is 2.40. The number of hydrogen-bond donors (Lipinski definition) is 1.